The lowest BCUT2D eigenvalue weighted by Crippen LogP contribution is -2.28. The summed E-state index contributed by atoms with van der Waals surface area (Å²) in [5.74, 6) is 0. The first-order valence-corrected chi connectivity index (χ1v) is 6.26. The largest absolute Gasteiger partial charge is 0.379 e. The SMILES string of the molecule is CCn1nccc1C1(O)CC(N)c2ccccc21. The highest BCUT2D eigenvalue weighted by molar-refractivity contribution is 5.45. The fraction of sp³-hybridized carbons (Fsp3) is 0.357. The highest BCUT2D eigenvalue weighted by Crippen LogP contribution is 2.45. The number of benzene rings is 1. The van der Waals surface area contributed by atoms with Crippen LogP contribution in [-0.4, -0.2) is 14.9 Å². The van der Waals surface area contributed by atoms with E-state index >= 15 is 0 Å². The number of nitrogens with two attached hydrogens (primary N) is 1. The van der Waals surface area contributed by atoms with Crippen LogP contribution in [0.5, 0.6) is 0 Å². The van der Waals surface area contributed by atoms with Crippen molar-refractivity contribution in [3.8, 4) is 0 Å². The van der Waals surface area contributed by atoms with E-state index in [-0.39, 0.29) is 6.04 Å². The second-order valence-corrected chi connectivity index (χ2v) is 4.79. The summed E-state index contributed by atoms with van der Waals surface area (Å²) in [7, 11) is 0. The molecule has 0 radical (unpaired) electrons. The van der Waals surface area contributed by atoms with Gasteiger partial charge in [0.15, 0.2) is 0 Å². The Morgan fingerprint density at radius 2 is 2.22 bits per heavy atom. The minimum Gasteiger partial charge on any atom is -0.379 e. The molecule has 0 amide bonds. The molecule has 2 atom stereocenters. The van der Waals surface area contributed by atoms with Crippen LogP contribution < -0.4 is 5.73 Å². The average Bonchev–Trinajstić information content (AvgIpc) is 2.95. The average molecular weight is 243 g/mol. The van der Waals surface area contributed by atoms with E-state index in [1.165, 1.54) is 0 Å². The number of aliphatic hydroxyl groups is 1. The van der Waals surface area contributed by atoms with Crippen molar-refractivity contribution in [3.63, 3.8) is 0 Å². The molecule has 3 rings (SSSR count). The molecular weight excluding hydrogens is 226 g/mol. The summed E-state index contributed by atoms with van der Waals surface area (Å²) in [5.41, 5.74) is 7.88. The molecular formula is C14H17N3O. The summed E-state index contributed by atoms with van der Waals surface area (Å²) in [5, 5.41) is 15.3. The van der Waals surface area contributed by atoms with Crippen molar-refractivity contribution in [1.82, 2.24) is 9.78 Å². The second kappa shape index (κ2) is 3.93. The molecule has 2 unspecified atom stereocenters. The minimum absolute atomic E-state index is 0.119. The third-order valence-electron chi connectivity index (χ3n) is 3.76. The van der Waals surface area contributed by atoms with Crippen LogP contribution in [0.15, 0.2) is 36.5 Å². The molecule has 18 heavy (non-hydrogen) atoms. The number of hydrogen-bond donors (Lipinski definition) is 2. The number of aromatic nitrogens is 2. The summed E-state index contributed by atoms with van der Waals surface area (Å²) in [6.07, 6.45) is 2.24. The summed E-state index contributed by atoms with van der Waals surface area (Å²) in [4.78, 5) is 0. The van der Waals surface area contributed by atoms with Crippen LogP contribution in [0.3, 0.4) is 0 Å². The third kappa shape index (κ3) is 1.43. The summed E-state index contributed by atoms with van der Waals surface area (Å²) in [6, 6.07) is 9.60. The van der Waals surface area contributed by atoms with Gasteiger partial charge in [0.2, 0.25) is 0 Å². The number of hydrogen-bond acceptors (Lipinski definition) is 3. The van der Waals surface area contributed by atoms with E-state index in [0.29, 0.717) is 6.42 Å². The number of rotatable bonds is 2. The highest BCUT2D eigenvalue weighted by Gasteiger charge is 2.44. The first kappa shape index (κ1) is 11.4. The zero-order chi connectivity index (χ0) is 12.8. The van der Waals surface area contributed by atoms with Gasteiger partial charge in [-0.15, -0.1) is 0 Å². The molecule has 2 aromatic rings. The van der Waals surface area contributed by atoms with E-state index in [0.717, 1.165) is 23.4 Å². The number of fused-ring (bicyclic) bond motifs is 1. The predicted molar refractivity (Wildman–Crippen MR) is 68.9 cm³/mol. The highest BCUT2D eigenvalue weighted by atomic mass is 16.3. The Morgan fingerprint density at radius 1 is 1.44 bits per heavy atom. The second-order valence-electron chi connectivity index (χ2n) is 4.79. The van der Waals surface area contributed by atoms with Gasteiger partial charge in [0.25, 0.3) is 0 Å². The maximum atomic E-state index is 11.0. The molecule has 0 fully saturated rings. The van der Waals surface area contributed by atoms with Gasteiger partial charge in [0.05, 0.1) is 5.69 Å². The van der Waals surface area contributed by atoms with Crippen molar-refractivity contribution in [2.75, 3.05) is 0 Å². The van der Waals surface area contributed by atoms with E-state index < -0.39 is 5.60 Å². The fourth-order valence-electron chi connectivity index (χ4n) is 2.91. The molecule has 0 aliphatic heterocycles. The van der Waals surface area contributed by atoms with Crippen LogP contribution >= 0.6 is 0 Å². The number of aryl methyl sites for hydroxylation is 1. The van der Waals surface area contributed by atoms with Crippen LogP contribution in [0.2, 0.25) is 0 Å². The Bertz CT molecular complexity index is 578. The van der Waals surface area contributed by atoms with Gasteiger partial charge in [0.1, 0.15) is 5.60 Å². The first-order valence-electron chi connectivity index (χ1n) is 6.26. The molecule has 1 heterocycles. The molecule has 94 valence electrons. The zero-order valence-electron chi connectivity index (χ0n) is 10.4. The van der Waals surface area contributed by atoms with Gasteiger partial charge in [-0.05, 0) is 24.1 Å². The van der Waals surface area contributed by atoms with E-state index in [1.807, 2.05) is 41.9 Å². The summed E-state index contributed by atoms with van der Waals surface area (Å²) >= 11 is 0. The van der Waals surface area contributed by atoms with Crippen molar-refractivity contribution < 1.29 is 5.11 Å². The summed E-state index contributed by atoms with van der Waals surface area (Å²) in [6.45, 7) is 2.75. The molecule has 0 saturated carbocycles. The Hall–Kier alpha value is -1.65. The minimum atomic E-state index is -1.01. The van der Waals surface area contributed by atoms with Gasteiger partial charge >= 0.3 is 0 Å². The topological polar surface area (TPSA) is 64.1 Å². The van der Waals surface area contributed by atoms with Gasteiger partial charge in [-0.25, -0.2) is 0 Å². The van der Waals surface area contributed by atoms with Gasteiger partial charge < -0.3 is 10.8 Å². The Balaban J connectivity index is 2.18. The normalized spacial score (nSPS) is 26.3. The van der Waals surface area contributed by atoms with Crippen LogP contribution in [0, 0.1) is 0 Å². The third-order valence-corrected chi connectivity index (χ3v) is 3.76. The van der Waals surface area contributed by atoms with E-state index in [2.05, 4.69) is 5.10 Å². The molecule has 0 bridgehead atoms. The summed E-state index contributed by atoms with van der Waals surface area (Å²) < 4.78 is 1.83. The van der Waals surface area contributed by atoms with Gasteiger partial charge in [-0.2, -0.15) is 5.10 Å². The molecule has 1 aromatic carbocycles. The maximum absolute atomic E-state index is 11.0. The smallest absolute Gasteiger partial charge is 0.133 e. The lowest BCUT2D eigenvalue weighted by molar-refractivity contribution is 0.0679. The van der Waals surface area contributed by atoms with Crippen LogP contribution in [0.1, 0.15) is 36.2 Å². The van der Waals surface area contributed by atoms with Gasteiger partial charge in [0, 0.05) is 25.2 Å². The monoisotopic (exact) mass is 243 g/mol. The molecule has 0 saturated heterocycles. The molecule has 1 aromatic heterocycles. The molecule has 3 N–H and O–H groups in total. The molecule has 0 spiro atoms. The van der Waals surface area contributed by atoms with Crippen molar-refractivity contribution in [2.24, 2.45) is 5.73 Å². The molecule has 4 nitrogen and oxygen atoms in total. The van der Waals surface area contributed by atoms with Crippen LogP contribution in [0.25, 0.3) is 0 Å². The van der Waals surface area contributed by atoms with Crippen LogP contribution in [-0.2, 0) is 12.1 Å². The van der Waals surface area contributed by atoms with Crippen LogP contribution in [0.4, 0.5) is 0 Å². The molecule has 4 heteroatoms. The van der Waals surface area contributed by atoms with E-state index in [9.17, 15) is 5.11 Å². The lowest BCUT2D eigenvalue weighted by atomic mass is 9.92. The Morgan fingerprint density at radius 3 is 3.00 bits per heavy atom. The first-order chi connectivity index (χ1) is 8.66. The fourth-order valence-corrected chi connectivity index (χ4v) is 2.91. The standard InChI is InChI=1S/C14H17N3O/c1-2-17-13(7-8-16-17)14(18)9-12(15)10-5-3-4-6-11(10)14/h3-8,12,18H,2,9,15H2,1H3. The Kier molecular flexibility index (Phi) is 2.50. The molecule has 1 aliphatic carbocycles. The van der Waals surface area contributed by atoms with Crippen molar-refractivity contribution in [1.29, 1.82) is 0 Å². The maximum Gasteiger partial charge on any atom is 0.133 e. The van der Waals surface area contributed by atoms with Crippen molar-refractivity contribution in [2.45, 2.75) is 31.5 Å². The van der Waals surface area contributed by atoms with Crippen molar-refractivity contribution >= 4 is 0 Å². The van der Waals surface area contributed by atoms with Crippen molar-refractivity contribution in [3.05, 3.63) is 53.3 Å². The predicted octanol–water partition coefficient (Wildman–Crippen LogP) is 1.54. The van der Waals surface area contributed by atoms with Gasteiger partial charge in [-0.1, -0.05) is 24.3 Å². The lowest BCUT2D eigenvalue weighted by Gasteiger charge is -2.25. The van der Waals surface area contributed by atoms with E-state index in [1.54, 1.807) is 6.20 Å². The quantitative estimate of drug-likeness (QED) is 0.841. The Labute approximate surface area is 106 Å². The molecule has 1 aliphatic rings. The number of nitrogens with zero attached hydrogens (tertiary/aromatic N) is 2. The van der Waals surface area contributed by atoms with Gasteiger partial charge in [-0.3, -0.25) is 4.68 Å². The zero-order valence-corrected chi connectivity index (χ0v) is 10.4. The van der Waals surface area contributed by atoms with E-state index in [4.69, 9.17) is 5.73 Å².